The normalized spacial score (nSPS) is 18.9. The van der Waals surface area contributed by atoms with Crippen LogP contribution in [-0.2, 0) is 6.54 Å². The molecule has 1 saturated heterocycles. The zero-order valence-corrected chi connectivity index (χ0v) is 19.8. The first-order chi connectivity index (χ1) is 18.1. The summed E-state index contributed by atoms with van der Waals surface area (Å²) in [4.78, 5) is 18.3. The molecule has 0 radical (unpaired) electrons. The number of alkyl halides is 2. The molecule has 0 unspecified atom stereocenters. The highest BCUT2D eigenvalue weighted by molar-refractivity contribution is 5.81. The Hall–Kier alpha value is -3.91. The average Bonchev–Trinajstić information content (AvgIpc) is 3.31. The minimum Gasteiger partial charge on any atom is -0.385 e. The molecular weight excluding hydrogens is 511 g/mol. The summed E-state index contributed by atoms with van der Waals surface area (Å²) in [5.41, 5.74) is 12.0. The zero-order valence-electron chi connectivity index (χ0n) is 19.8. The minimum atomic E-state index is -3.03. The van der Waals surface area contributed by atoms with Crippen LogP contribution in [0.3, 0.4) is 0 Å². The van der Waals surface area contributed by atoms with E-state index in [4.69, 9.17) is 11.5 Å². The number of rotatable bonds is 6. The molecular formula is C24H23F5N8O. The molecule has 5 N–H and O–H groups in total. The van der Waals surface area contributed by atoms with Crippen LogP contribution in [-0.4, -0.2) is 60.8 Å². The Balaban J connectivity index is 1.60. The first kappa shape index (κ1) is 25.7. The third kappa shape index (κ3) is 4.49. The molecule has 2 atom stereocenters. The molecule has 9 nitrogen and oxygen atoms in total. The molecule has 1 aromatic carbocycles. The Morgan fingerprint density at radius 2 is 1.87 bits per heavy atom. The van der Waals surface area contributed by atoms with Crippen LogP contribution in [0.1, 0.15) is 18.4 Å². The van der Waals surface area contributed by atoms with E-state index in [1.807, 2.05) is 0 Å². The Morgan fingerprint density at radius 1 is 1.08 bits per heavy atom. The van der Waals surface area contributed by atoms with Crippen LogP contribution < -0.4 is 16.4 Å². The molecule has 4 aromatic rings. The average molecular weight is 534 g/mol. The van der Waals surface area contributed by atoms with Crippen LogP contribution in [0.25, 0.3) is 22.4 Å². The van der Waals surface area contributed by atoms with Gasteiger partial charge in [-0.25, -0.2) is 36.9 Å². The first-order valence-electron chi connectivity index (χ1n) is 11.6. The number of nitrogen functional groups attached to an aromatic ring is 1. The van der Waals surface area contributed by atoms with Gasteiger partial charge in [0.2, 0.25) is 0 Å². The molecule has 0 aliphatic carbocycles. The molecule has 5 rings (SSSR count). The van der Waals surface area contributed by atoms with E-state index < -0.39 is 35.5 Å². The van der Waals surface area contributed by atoms with Crippen molar-refractivity contribution in [2.45, 2.75) is 37.5 Å². The van der Waals surface area contributed by atoms with Gasteiger partial charge in [-0.05, 0) is 36.6 Å². The van der Waals surface area contributed by atoms with Crippen LogP contribution in [0.2, 0.25) is 0 Å². The van der Waals surface area contributed by atoms with Gasteiger partial charge in [-0.15, -0.1) is 0 Å². The molecule has 14 heteroatoms. The predicted octanol–water partition coefficient (Wildman–Crippen LogP) is 2.86. The van der Waals surface area contributed by atoms with Gasteiger partial charge in [0.25, 0.3) is 6.43 Å². The predicted molar refractivity (Wildman–Crippen MR) is 129 cm³/mol. The topological polar surface area (TPSA) is 132 Å². The molecule has 1 aliphatic rings. The largest absolute Gasteiger partial charge is 0.385 e. The fourth-order valence-electron chi connectivity index (χ4n) is 4.78. The summed E-state index contributed by atoms with van der Waals surface area (Å²) in [6.45, 7) is 0.405. The Morgan fingerprint density at radius 3 is 2.63 bits per heavy atom. The molecule has 38 heavy (non-hydrogen) atoms. The number of fused-ring (bicyclic) bond motifs is 1. The smallest absolute Gasteiger partial charge is 0.265 e. The Kier molecular flexibility index (Phi) is 6.61. The summed E-state index contributed by atoms with van der Waals surface area (Å²) in [5.74, 6) is -4.20. The highest BCUT2D eigenvalue weighted by atomic mass is 19.3. The van der Waals surface area contributed by atoms with Crippen LogP contribution in [0, 0.1) is 17.5 Å². The van der Waals surface area contributed by atoms with Gasteiger partial charge in [0.05, 0.1) is 36.0 Å². The summed E-state index contributed by atoms with van der Waals surface area (Å²) < 4.78 is 70.5. The van der Waals surface area contributed by atoms with E-state index in [9.17, 15) is 27.1 Å². The van der Waals surface area contributed by atoms with Crippen molar-refractivity contribution in [1.82, 2.24) is 24.5 Å². The lowest BCUT2D eigenvalue weighted by Gasteiger charge is -2.44. The third-order valence-corrected chi connectivity index (χ3v) is 6.77. The van der Waals surface area contributed by atoms with E-state index in [0.29, 0.717) is 35.4 Å². The lowest BCUT2D eigenvalue weighted by Crippen LogP contribution is -2.63. The van der Waals surface area contributed by atoms with E-state index in [0.717, 1.165) is 12.1 Å². The van der Waals surface area contributed by atoms with Gasteiger partial charge in [-0.1, -0.05) is 0 Å². The number of pyridine rings is 1. The second-order valence-electron chi connectivity index (χ2n) is 9.26. The number of aromatic nitrogens is 5. The molecule has 0 bridgehead atoms. The summed E-state index contributed by atoms with van der Waals surface area (Å²) in [7, 11) is 0. The SMILES string of the molecule is Nc1ncnc2c1ncn2Cc1cc(-c2ccc(F)c(F)c2F)ncc1N1CCC[C@](N)([C@H](O)C(F)F)C1. The number of aliphatic hydroxyl groups excluding tert-OH is 1. The van der Waals surface area contributed by atoms with Crippen molar-refractivity contribution >= 4 is 22.7 Å². The van der Waals surface area contributed by atoms with E-state index in [1.54, 1.807) is 9.47 Å². The van der Waals surface area contributed by atoms with E-state index in [-0.39, 0.29) is 36.6 Å². The number of benzene rings is 1. The minimum absolute atomic E-state index is 0.0161. The van der Waals surface area contributed by atoms with Gasteiger partial charge in [0.1, 0.15) is 17.9 Å². The molecule has 3 aromatic heterocycles. The number of aliphatic hydroxyl groups is 1. The number of imidazole rings is 1. The van der Waals surface area contributed by atoms with Gasteiger partial charge < -0.3 is 26.0 Å². The summed E-state index contributed by atoms with van der Waals surface area (Å²) in [5, 5.41) is 10.1. The van der Waals surface area contributed by atoms with Gasteiger partial charge in [0, 0.05) is 18.7 Å². The molecule has 1 aliphatic heterocycles. The second-order valence-corrected chi connectivity index (χ2v) is 9.26. The molecule has 4 heterocycles. The number of halogens is 5. The maximum Gasteiger partial charge on any atom is 0.265 e. The van der Waals surface area contributed by atoms with Gasteiger partial charge in [0.15, 0.2) is 28.9 Å². The number of piperidine rings is 1. The fraction of sp³-hybridized carbons (Fsp3) is 0.333. The number of nitrogens with zero attached hydrogens (tertiary/aromatic N) is 6. The van der Waals surface area contributed by atoms with Crippen LogP contribution >= 0.6 is 0 Å². The number of anilines is 2. The molecule has 0 amide bonds. The Labute approximate surface area is 213 Å². The van der Waals surface area contributed by atoms with Crippen LogP contribution in [0.4, 0.5) is 33.5 Å². The first-order valence-corrected chi connectivity index (χ1v) is 11.6. The quantitative estimate of drug-likeness (QED) is 0.254. The van der Waals surface area contributed by atoms with Gasteiger partial charge in [-0.2, -0.15) is 0 Å². The molecule has 0 saturated carbocycles. The zero-order chi connectivity index (χ0) is 27.2. The third-order valence-electron chi connectivity index (χ3n) is 6.77. The van der Waals surface area contributed by atoms with Gasteiger partial charge >= 0.3 is 0 Å². The van der Waals surface area contributed by atoms with E-state index in [2.05, 4.69) is 19.9 Å². The van der Waals surface area contributed by atoms with Crippen molar-refractivity contribution in [2.75, 3.05) is 23.7 Å². The van der Waals surface area contributed by atoms with Crippen molar-refractivity contribution in [3.63, 3.8) is 0 Å². The lowest BCUT2D eigenvalue weighted by atomic mass is 9.84. The number of hydrogen-bond acceptors (Lipinski definition) is 8. The maximum absolute atomic E-state index is 14.6. The van der Waals surface area contributed by atoms with Crippen molar-refractivity contribution in [3.05, 3.63) is 60.1 Å². The van der Waals surface area contributed by atoms with Crippen molar-refractivity contribution in [1.29, 1.82) is 0 Å². The summed E-state index contributed by atoms with van der Waals surface area (Å²) >= 11 is 0. The highest BCUT2D eigenvalue weighted by Gasteiger charge is 2.43. The summed E-state index contributed by atoms with van der Waals surface area (Å²) in [6, 6.07) is 3.36. The number of nitrogens with two attached hydrogens (primary N) is 2. The fourth-order valence-corrected chi connectivity index (χ4v) is 4.78. The molecule has 0 spiro atoms. The van der Waals surface area contributed by atoms with E-state index in [1.165, 1.54) is 24.9 Å². The second kappa shape index (κ2) is 9.76. The van der Waals surface area contributed by atoms with Crippen molar-refractivity contribution < 1.29 is 27.1 Å². The van der Waals surface area contributed by atoms with Crippen LogP contribution in [0.5, 0.6) is 0 Å². The monoisotopic (exact) mass is 534 g/mol. The summed E-state index contributed by atoms with van der Waals surface area (Å²) in [6.07, 6.45) is -0.358. The maximum atomic E-state index is 14.6. The van der Waals surface area contributed by atoms with E-state index >= 15 is 0 Å². The van der Waals surface area contributed by atoms with Crippen molar-refractivity contribution in [2.24, 2.45) is 5.73 Å². The van der Waals surface area contributed by atoms with Crippen molar-refractivity contribution in [3.8, 4) is 11.3 Å². The lowest BCUT2D eigenvalue weighted by molar-refractivity contribution is -0.0529. The van der Waals surface area contributed by atoms with Gasteiger partial charge in [-0.3, -0.25) is 4.98 Å². The standard InChI is InChI=1S/C24H23F5N8O/c25-14-3-2-13(17(26)18(14)27)15-6-12(8-37-11-35-19-22(30)33-10-34-23(19)37)16(7-32-15)36-5-1-4-24(31,9-36)20(38)21(28)29/h2-3,6-7,10-11,20-21,38H,1,4-5,8-9,31H2,(H2,30,33,34)/t20-,24-/m1/s1. The molecule has 1 fully saturated rings. The molecule has 200 valence electrons. The Bertz CT molecular complexity index is 1500. The highest BCUT2D eigenvalue weighted by Crippen LogP contribution is 2.34. The van der Waals surface area contributed by atoms with Crippen LogP contribution in [0.15, 0.2) is 37.1 Å². The number of hydrogen-bond donors (Lipinski definition) is 3.